The van der Waals surface area contributed by atoms with Crippen LogP contribution >= 0.6 is 0 Å². The van der Waals surface area contributed by atoms with E-state index in [9.17, 15) is 23.3 Å². The fraction of sp³-hybridized carbons (Fsp3) is 0.500. The minimum absolute atomic E-state index is 0.0471. The summed E-state index contributed by atoms with van der Waals surface area (Å²) >= 11 is 0. The Morgan fingerprint density at radius 2 is 2.00 bits per heavy atom. The van der Waals surface area contributed by atoms with Crippen molar-refractivity contribution in [3.63, 3.8) is 0 Å². The molecular formula is C12H16F3N3O2. The van der Waals surface area contributed by atoms with Gasteiger partial charge in [0.1, 0.15) is 17.9 Å². The number of nitrogens with one attached hydrogen (secondary N) is 1. The van der Waals surface area contributed by atoms with Crippen molar-refractivity contribution in [2.75, 3.05) is 23.8 Å². The van der Waals surface area contributed by atoms with Crippen LogP contribution in [0.25, 0.3) is 0 Å². The van der Waals surface area contributed by atoms with Crippen molar-refractivity contribution >= 4 is 17.1 Å². The monoisotopic (exact) mass is 291 g/mol. The summed E-state index contributed by atoms with van der Waals surface area (Å²) in [6.45, 7) is 1.88. The van der Waals surface area contributed by atoms with Crippen molar-refractivity contribution in [3.05, 3.63) is 28.3 Å². The number of halogens is 3. The van der Waals surface area contributed by atoms with Gasteiger partial charge >= 0.3 is 11.9 Å². The molecule has 0 aliphatic heterocycles. The average Bonchev–Trinajstić information content (AvgIpc) is 2.33. The third-order valence-electron chi connectivity index (χ3n) is 2.75. The molecule has 0 aliphatic carbocycles. The lowest BCUT2D eigenvalue weighted by atomic mass is 10.1. The van der Waals surface area contributed by atoms with Gasteiger partial charge in [-0.3, -0.25) is 10.1 Å². The lowest BCUT2D eigenvalue weighted by Crippen LogP contribution is -2.39. The Balaban J connectivity index is 3.37. The van der Waals surface area contributed by atoms with Crippen molar-refractivity contribution in [2.24, 2.45) is 0 Å². The van der Waals surface area contributed by atoms with Crippen LogP contribution in [0.1, 0.15) is 13.8 Å². The highest BCUT2D eigenvalue weighted by atomic mass is 19.4. The minimum Gasteiger partial charge on any atom is -0.382 e. The van der Waals surface area contributed by atoms with Gasteiger partial charge in [-0.05, 0) is 26.0 Å². The van der Waals surface area contributed by atoms with Gasteiger partial charge in [-0.2, -0.15) is 13.2 Å². The van der Waals surface area contributed by atoms with E-state index in [1.165, 1.54) is 25.2 Å². The van der Waals surface area contributed by atoms with E-state index in [-0.39, 0.29) is 17.1 Å². The second-order valence-electron chi connectivity index (χ2n) is 4.52. The molecule has 1 aromatic carbocycles. The Morgan fingerprint density at radius 1 is 1.40 bits per heavy atom. The molecule has 0 amide bonds. The van der Waals surface area contributed by atoms with Crippen LogP contribution in [0.5, 0.6) is 0 Å². The average molecular weight is 291 g/mol. The number of anilines is 2. The maximum absolute atomic E-state index is 12.6. The van der Waals surface area contributed by atoms with Crippen LogP contribution in [0, 0.1) is 10.1 Å². The topological polar surface area (TPSA) is 58.4 Å². The summed E-state index contributed by atoms with van der Waals surface area (Å²) in [7, 11) is 1.48. The molecule has 0 heterocycles. The van der Waals surface area contributed by atoms with Gasteiger partial charge in [-0.25, -0.2) is 0 Å². The summed E-state index contributed by atoms with van der Waals surface area (Å²) < 4.78 is 37.9. The lowest BCUT2D eigenvalue weighted by molar-refractivity contribution is -0.383. The molecule has 8 heteroatoms. The maximum atomic E-state index is 12.6. The third-order valence-corrected chi connectivity index (χ3v) is 2.75. The zero-order chi connectivity index (χ0) is 15.5. The van der Waals surface area contributed by atoms with E-state index in [1.54, 1.807) is 13.8 Å². The van der Waals surface area contributed by atoms with Gasteiger partial charge in [-0.15, -0.1) is 0 Å². The molecule has 0 bridgehead atoms. The summed E-state index contributed by atoms with van der Waals surface area (Å²) in [5, 5.41) is 13.8. The first-order valence-corrected chi connectivity index (χ1v) is 5.96. The molecule has 0 saturated carbocycles. The van der Waals surface area contributed by atoms with E-state index in [0.29, 0.717) is 0 Å². The zero-order valence-corrected chi connectivity index (χ0v) is 11.4. The first kappa shape index (κ1) is 16.1. The molecule has 1 N–H and O–H groups in total. The normalized spacial score (nSPS) is 11.6. The van der Waals surface area contributed by atoms with E-state index in [0.717, 1.165) is 4.90 Å². The quantitative estimate of drug-likeness (QED) is 0.667. The van der Waals surface area contributed by atoms with Crippen molar-refractivity contribution in [2.45, 2.75) is 26.1 Å². The van der Waals surface area contributed by atoms with Crippen LogP contribution in [0.2, 0.25) is 0 Å². The van der Waals surface area contributed by atoms with E-state index >= 15 is 0 Å². The molecule has 1 rings (SSSR count). The Hall–Kier alpha value is -1.99. The standard InChI is InChI=1S/C12H16F3N3O2/c1-8(2)17(7-12(13,14)15)10-6-4-5-9(16-3)11(10)18(19)20/h4-6,8,16H,7H2,1-3H3. The van der Waals surface area contributed by atoms with Crippen LogP contribution in [-0.4, -0.2) is 30.7 Å². The van der Waals surface area contributed by atoms with Gasteiger partial charge in [0.15, 0.2) is 0 Å². The van der Waals surface area contributed by atoms with E-state index < -0.39 is 23.7 Å². The van der Waals surface area contributed by atoms with Crippen molar-refractivity contribution in [1.29, 1.82) is 0 Å². The smallest absolute Gasteiger partial charge is 0.382 e. The molecule has 20 heavy (non-hydrogen) atoms. The number of rotatable bonds is 5. The Kier molecular flexibility index (Phi) is 4.80. The molecule has 112 valence electrons. The van der Waals surface area contributed by atoms with Crippen molar-refractivity contribution < 1.29 is 18.1 Å². The first-order chi connectivity index (χ1) is 9.17. The van der Waals surface area contributed by atoms with Gasteiger partial charge in [0.05, 0.1) is 4.92 Å². The predicted octanol–water partition coefficient (Wildman–Crippen LogP) is 3.41. The van der Waals surface area contributed by atoms with Gasteiger partial charge in [0, 0.05) is 13.1 Å². The second kappa shape index (κ2) is 5.98. The van der Waals surface area contributed by atoms with Crippen molar-refractivity contribution in [3.8, 4) is 0 Å². The van der Waals surface area contributed by atoms with Crippen molar-refractivity contribution in [1.82, 2.24) is 0 Å². The summed E-state index contributed by atoms with van der Waals surface area (Å²) in [6.07, 6.45) is -4.44. The highest BCUT2D eigenvalue weighted by Gasteiger charge is 2.35. The van der Waals surface area contributed by atoms with Gasteiger partial charge < -0.3 is 10.2 Å². The second-order valence-corrected chi connectivity index (χ2v) is 4.52. The molecule has 0 fully saturated rings. The van der Waals surface area contributed by atoms with Gasteiger partial charge in [-0.1, -0.05) is 6.07 Å². The van der Waals surface area contributed by atoms with Gasteiger partial charge in [0.25, 0.3) is 0 Å². The number of hydrogen-bond donors (Lipinski definition) is 1. The fourth-order valence-electron chi connectivity index (χ4n) is 1.90. The number of benzene rings is 1. The molecular weight excluding hydrogens is 275 g/mol. The highest BCUT2D eigenvalue weighted by Crippen LogP contribution is 2.37. The highest BCUT2D eigenvalue weighted by molar-refractivity contribution is 5.77. The Bertz CT molecular complexity index is 489. The predicted molar refractivity (Wildman–Crippen MR) is 71.2 cm³/mol. The fourth-order valence-corrected chi connectivity index (χ4v) is 1.90. The van der Waals surface area contributed by atoms with Crippen LogP contribution in [0.4, 0.5) is 30.2 Å². The molecule has 0 aromatic heterocycles. The van der Waals surface area contributed by atoms with Crippen LogP contribution in [0.3, 0.4) is 0 Å². The first-order valence-electron chi connectivity index (χ1n) is 5.96. The maximum Gasteiger partial charge on any atom is 0.405 e. The number of nitro benzene ring substituents is 1. The van der Waals surface area contributed by atoms with Crippen LogP contribution in [-0.2, 0) is 0 Å². The Labute approximate surface area is 114 Å². The molecule has 0 unspecified atom stereocenters. The molecule has 0 radical (unpaired) electrons. The summed E-state index contributed by atoms with van der Waals surface area (Å²) in [4.78, 5) is 11.4. The molecule has 0 atom stereocenters. The van der Waals surface area contributed by atoms with E-state index in [4.69, 9.17) is 0 Å². The van der Waals surface area contributed by atoms with Gasteiger partial charge in [0.2, 0.25) is 0 Å². The molecule has 0 spiro atoms. The number of hydrogen-bond acceptors (Lipinski definition) is 4. The molecule has 5 nitrogen and oxygen atoms in total. The zero-order valence-electron chi connectivity index (χ0n) is 11.4. The van der Waals surface area contributed by atoms with Crippen LogP contribution < -0.4 is 10.2 Å². The molecule has 0 aliphatic rings. The van der Waals surface area contributed by atoms with E-state index in [1.807, 2.05) is 0 Å². The minimum atomic E-state index is -4.44. The lowest BCUT2D eigenvalue weighted by Gasteiger charge is -2.29. The van der Waals surface area contributed by atoms with E-state index in [2.05, 4.69) is 5.32 Å². The largest absolute Gasteiger partial charge is 0.405 e. The van der Waals surface area contributed by atoms with Crippen LogP contribution in [0.15, 0.2) is 18.2 Å². The number of alkyl halides is 3. The molecule has 0 saturated heterocycles. The summed E-state index contributed by atoms with van der Waals surface area (Å²) in [5.41, 5.74) is -0.220. The Morgan fingerprint density at radius 3 is 2.40 bits per heavy atom. The number of nitro groups is 1. The third kappa shape index (κ3) is 3.75. The molecule has 1 aromatic rings. The summed E-state index contributed by atoms with van der Waals surface area (Å²) in [6, 6.07) is 3.74. The summed E-state index contributed by atoms with van der Waals surface area (Å²) in [5.74, 6) is 0. The number of para-hydroxylation sites is 1. The number of nitrogens with zero attached hydrogens (tertiary/aromatic N) is 2. The SMILES string of the molecule is CNc1cccc(N(CC(F)(F)F)C(C)C)c1[N+](=O)[O-].